The second-order valence-corrected chi connectivity index (χ2v) is 7.52. The Bertz CT molecular complexity index is 370. The van der Waals surface area contributed by atoms with Crippen molar-refractivity contribution in [1.29, 1.82) is 0 Å². The van der Waals surface area contributed by atoms with Gasteiger partial charge in [-0.3, -0.25) is 9.69 Å². The van der Waals surface area contributed by atoms with Crippen LogP contribution < -0.4 is 11.1 Å². The first-order valence-electron chi connectivity index (χ1n) is 8.99. The minimum absolute atomic E-state index is 0.183. The fraction of sp³-hybridized carbons (Fsp3) is 0.941. The van der Waals surface area contributed by atoms with Crippen LogP contribution in [0.2, 0.25) is 0 Å². The van der Waals surface area contributed by atoms with Gasteiger partial charge >= 0.3 is 0 Å². The molecule has 1 amide bonds. The van der Waals surface area contributed by atoms with E-state index in [1.807, 2.05) is 0 Å². The van der Waals surface area contributed by atoms with Crippen molar-refractivity contribution < 1.29 is 9.53 Å². The van der Waals surface area contributed by atoms with Gasteiger partial charge in [0.2, 0.25) is 5.91 Å². The Morgan fingerprint density at radius 2 is 1.91 bits per heavy atom. The summed E-state index contributed by atoms with van der Waals surface area (Å²) >= 11 is 0. The summed E-state index contributed by atoms with van der Waals surface area (Å²) in [4.78, 5) is 15.0. The molecule has 5 heteroatoms. The standard InChI is InChI=1S/C17H31N3O2/c1-12(11-20-5-7-22-8-6-20)19-17(21)15-9-13-3-2-4-14(10-15)16(13)18/h12-16H,2-11,18H2,1H3,(H,19,21). The van der Waals surface area contributed by atoms with Crippen LogP contribution in [0.5, 0.6) is 0 Å². The van der Waals surface area contributed by atoms with E-state index in [4.69, 9.17) is 10.5 Å². The number of hydrogen-bond acceptors (Lipinski definition) is 4. The topological polar surface area (TPSA) is 67.6 Å². The number of carbonyl (C=O) groups excluding carboxylic acids is 1. The molecule has 2 aliphatic carbocycles. The maximum absolute atomic E-state index is 12.6. The molecule has 2 saturated carbocycles. The summed E-state index contributed by atoms with van der Waals surface area (Å²) < 4.78 is 5.37. The number of carbonyl (C=O) groups is 1. The van der Waals surface area contributed by atoms with Crippen LogP contribution in [0.25, 0.3) is 0 Å². The fourth-order valence-electron chi connectivity index (χ4n) is 4.58. The van der Waals surface area contributed by atoms with Crippen molar-refractivity contribution >= 4 is 5.91 Å². The predicted octanol–water partition coefficient (Wildman–Crippen LogP) is 0.977. The number of amides is 1. The number of fused-ring (bicyclic) bond motifs is 2. The SMILES string of the molecule is CC(CN1CCOCC1)NC(=O)C1CC2CCCC(C1)C2N. The highest BCUT2D eigenvalue weighted by Crippen LogP contribution is 2.41. The molecule has 0 spiro atoms. The number of nitrogens with zero attached hydrogens (tertiary/aromatic N) is 1. The largest absolute Gasteiger partial charge is 0.379 e. The van der Waals surface area contributed by atoms with E-state index in [1.165, 1.54) is 19.3 Å². The molecule has 22 heavy (non-hydrogen) atoms. The van der Waals surface area contributed by atoms with Crippen molar-refractivity contribution in [2.75, 3.05) is 32.8 Å². The summed E-state index contributed by atoms with van der Waals surface area (Å²) in [5.74, 6) is 1.57. The Morgan fingerprint density at radius 3 is 2.55 bits per heavy atom. The van der Waals surface area contributed by atoms with Crippen molar-refractivity contribution in [3.63, 3.8) is 0 Å². The van der Waals surface area contributed by atoms with E-state index in [2.05, 4.69) is 17.1 Å². The van der Waals surface area contributed by atoms with E-state index in [1.54, 1.807) is 0 Å². The van der Waals surface area contributed by atoms with Crippen LogP contribution in [0.3, 0.4) is 0 Å². The predicted molar refractivity (Wildman–Crippen MR) is 86.4 cm³/mol. The number of morpholine rings is 1. The van der Waals surface area contributed by atoms with Gasteiger partial charge in [-0.25, -0.2) is 0 Å². The van der Waals surface area contributed by atoms with Gasteiger partial charge in [-0.05, 0) is 44.4 Å². The van der Waals surface area contributed by atoms with Crippen LogP contribution in [0.1, 0.15) is 39.0 Å². The summed E-state index contributed by atoms with van der Waals surface area (Å²) in [5, 5.41) is 3.24. The van der Waals surface area contributed by atoms with Gasteiger partial charge in [0.05, 0.1) is 13.2 Å². The molecule has 126 valence electrons. The first-order chi connectivity index (χ1) is 10.6. The van der Waals surface area contributed by atoms with Gasteiger partial charge in [-0.15, -0.1) is 0 Å². The first kappa shape index (κ1) is 16.2. The molecule has 3 rings (SSSR count). The molecule has 5 nitrogen and oxygen atoms in total. The number of rotatable bonds is 4. The van der Waals surface area contributed by atoms with Gasteiger partial charge in [0, 0.05) is 37.6 Å². The number of hydrogen-bond donors (Lipinski definition) is 2. The minimum Gasteiger partial charge on any atom is -0.379 e. The van der Waals surface area contributed by atoms with Gasteiger partial charge < -0.3 is 15.8 Å². The number of nitrogens with two attached hydrogens (primary N) is 1. The summed E-state index contributed by atoms with van der Waals surface area (Å²) in [6.07, 6.45) is 5.71. The fourth-order valence-corrected chi connectivity index (χ4v) is 4.58. The molecular weight excluding hydrogens is 278 g/mol. The lowest BCUT2D eigenvalue weighted by Gasteiger charge is -2.43. The zero-order valence-corrected chi connectivity index (χ0v) is 13.8. The monoisotopic (exact) mass is 309 g/mol. The highest BCUT2D eigenvalue weighted by molar-refractivity contribution is 5.79. The maximum Gasteiger partial charge on any atom is 0.223 e. The minimum atomic E-state index is 0.183. The summed E-state index contributed by atoms with van der Waals surface area (Å²) in [5.41, 5.74) is 6.32. The lowest BCUT2D eigenvalue weighted by atomic mass is 9.65. The van der Waals surface area contributed by atoms with Crippen LogP contribution in [0.4, 0.5) is 0 Å². The van der Waals surface area contributed by atoms with E-state index >= 15 is 0 Å². The molecule has 0 aromatic carbocycles. The van der Waals surface area contributed by atoms with Gasteiger partial charge in [-0.1, -0.05) is 6.42 Å². The third-order valence-corrected chi connectivity index (χ3v) is 5.81. The summed E-state index contributed by atoms with van der Waals surface area (Å²) in [6.45, 7) is 6.61. The molecule has 3 N–H and O–H groups in total. The molecule has 1 saturated heterocycles. The van der Waals surface area contributed by atoms with Crippen LogP contribution in [-0.4, -0.2) is 55.7 Å². The number of nitrogens with one attached hydrogen (secondary N) is 1. The zero-order chi connectivity index (χ0) is 15.5. The van der Waals surface area contributed by atoms with Crippen LogP contribution in [0.15, 0.2) is 0 Å². The van der Waals surface area contributed by atoms with Gasteiger partial charge in [0.1, 0.15) is 0 Å². The van der Waals surface area contributed by atoms with Crippen molar-refractivity contribution in [2.45, 2.75) is 51.1 Å². The van der Waals surface area contributed by atoms with Crippen molar-refractivity contribution in [3.8, 4) is 0 Å². The Balaban J connectivity index is 1.47. The first-order valence-corrected chi connectivity index (χ1v) is 8.99. The average Bonchev–Trinajstić information content (AvgIpc) is 2.47. The smallest absolute Gasteiger partial charge is 0.223 e. The van der Waals surface area contributed by atoms with E-state index in [9.17, 15) is 4.79 Å². The Morgan fingerprint density at radius 1 is 1.27 bits per heavy atom. The third-order valence-electron chi connectivity index (χ3n) is 5.81. The second kappa shape index (κ2) is 7.28. The van der Waals surface area contributed by atoms with E-state index in [0.29, 0.717) is 17.9 Å². The highest BCUT2D eigenvalue weighted by Gasteiger charge is 2.40. The number of ether oxygens (including phenoxy) is 1. The average molecular weight is 309 g/mol. The second-order valence-electron chi connectivity index (χ2n) is 7.52. The normalized spacial score (nSPS) is 37.5. The van der Waals surface area contributed by atoms with E-state index < -0.39 is 0 Å². The Hall–Kier alpha value is -0.650. The lowest BCUT2D eigenvalue weighted by Crippen LogP contribution is -2.51. The molecule has 3 aliphatic rings. The van der Waals surface area contributed by atoms with Crippen LogP contribution in [-0.2, 0) is 9.53 Å². The molecular formula is C17H31N3O2. The Labute approximate surface area is 133 Å². The Kier molecular flexibility index (Phi) is 5.37. The van der Waals surface area contributed by atoms with Crippen molar-refractivity contribution in [2.24, 2.45) is 23.5 Å². The molecule has 1 heterocycles. The summed E-state index contributed by atoms with van der Waals surface area (Å²) in [7, 11) is 0. The quantitative estimate of drug-likeness (QED) is 0.812. The molecule has 0 aromatic rings. The molecule has 0 radical (unpaired) electrons. The van der Waals surface area contributed by atoms with E-state index in [-0.39, 0.29) is 17.9 Å². The van der Waals surface area contributed by atoms with Gasteiger partial charge in [0.15, 0.2) is 0 Å². The van der Waals surface area contributed by atoms with E-state index in [0.717, 1.165) is 45.7 Å². The molecule has 3 atom stereocenters. The lowest BCUT2D eigenvalue weighted by molar-refractivity contribution is -0.128. The third kappa shape index (κ3) is 3.81. The molecule has 2 bridgehead atoms. The zero-order valence-electron chi connectivity index (χ0n) is 13.8. The molecule has 3 unspecified atom stereocenters. The summed E-state index contributed by atoms with van der Waals surface area (Å²) in [6, 6.07) is 0.546. The van der Waals surface area contributed by atoms with Crippen molar-refractivity contribution in [1.82, 2.24) is 10.2 Å². The van der Waals surface area contributed by atoms with Crippen molar-refractivity contribution in [3.05, 3.63) is 0 Å². The molecule has 1 aliphatic heterocycles. The van der Waals surface area contributed by atoms with Crippen LogP contribution >= 0.6 is 0 Å². The maximum atomic E-state index is 12.6. The molecule has 3 fully saturated rings. The van der Waals surface area contributed by atoms with Gasteiger partial charge in [0.25, 0.3) is 0 Å². The van der Waals surface area contributed by atoms with Crippen LogP contribution in [0, 0.1) is 17.8 Å². The van der Waals surface area contributed by atoms with Gasteiger partial charge in [-0.2, -0.15) is 0 Å². The highest BCUT2D eigenvalue weighted by atomic mass is 16.5. The molecule has 0 aromatic heterocycles.